The molecule has 1 aromatic carbocycles. The van der Waals surface area contributed by atoms with Crippen LogP contribution in [0, 0.1) is 4.91 Å². The Bertz CT molecular complexity index is 422. The summed E-state index contributed by atoms with van der Waals surface area (Å²) < 4.78 is 74.7. The maximum Gasteiger partial charge on any atom is 0.417 e. The van der Waals surface area contributed by atoms with Crippen LogP contribution < -0.4 is 0 Å². The van der Waals surface area contributed by atoms with Crippen molar-refractivity contribution in [2.45, 2.75) is 18.9 Å². The van der Waals surface area contributed by atoms with Gasteiger partial charge in [0.05, 0.1) is 11.1 Å². The van der Waals surface area contributed by atoms with Crippen molar-refractivity contribution in [3.63, 3.8) is 0 Å². The second kappa shape index (κ2) is 4.34. The van der Waals surface area contributed by atoms with Crippen molar-refractivity contribution in [2.75, 3.05) is 0 Å². The Labute approximate surface area is 91.2 Å². The van der Waals surface area contributed by atoms with E-state index in [2.05, 4.69) is 5.18 Å². The molecule has 0 aliphatic carbocycles. The van der Waals surface area contributed by atoms with Crippen LogP contribution in [0.5, 0.6) is 0 Å². The first-order valence-corrected chi connectivity index (χ1v) is 4.23. The topological polar surface area (TPSA) is 29.4 Å². The molecule has 0 spiro atoms. The first kappa shape index (κ1) is 13.5. The molecule has 0 heterocycles. The fourth-order valence-electron chi connectivity index (χ4n) is 1.37. The third-order valence-corrected chi connectivity index (χ3v) is 1.97. The number of alkyl halides is 6. The highest BCUT2D eigenvalue weighted by Crippen LogP contribution is 2.42. The van der Waals surface area contributed by atoms with Gasteiger partial charge < -0.3 is 0 Å². The van der Waals surface area contributed by atoms with Gasteiger partial charge in [0, 0.05) is 0 Å². The quantitative estimate of drug-likeness (QED) is 0.581. The molecule has 0 aliphatic heterocycles. The average Bonchev–Trinajstić information content (AvgIpc) is 2.14. The third-order valence-electron chi connectivity index (χ3n) is 1.97. The number of hydrogen-bond donors (Lipinski definition) is 0. The Morgan fingerprint density at radius 2 is 1.59 bits per heavy atom. The number of rotatable bonds is 2. The van der Waals surface area contributed by atoms with Crippen molar-refractivity contribution < 1.29 is 26.3 Å². The molecular formula is C9H5F6NO. The summed E-state index contributed by atoms with van der Waals surface area (Å²) in [5, 5.41) is 2.19. The molecule has 0 aromatic heterocycles. The molecule has 0 saturated heterocycles. The lowest BCUT2D eigenvalue weighted by Gasteiger charge is -2.17. The van der Waals surface area contributed by atoms with E-state index in [4.69, 9.17) is 0 Å². The molecule has 0 amide bonds. The Morgan fingerprint density at radius 1 is 1.00 bits per heavy atom. The fourth-order valence-corrected chi connectivity index (χ4v) is 1.37. The fraction of sp³-hybridized carbons (Fsp3) is 0.333. The van der Waals surface area contributed by atoms with Crippen molar-refractivity contribution >= 4 is 0 Å². The molecule has 0 radical (unpaired) electrons. The van der Waals surface area contributed by atoms with Crippen LogP contribution in [0.1, 0.15) is 16.7 Å². The molecule has 17 heavy (non-hydrogen) atoms. The highest BCUT2D eigenvalue weighted by atomic mass is 19.4. The van der Waals surface area contributed by atoms with Gasteiger partial charge in [0.2, 0.25) is 0 Å². The summed E-state index contributed by atoms with van der Waals surface area (Å²) in [7, 11) is 0. The molecule has 0 N–H and O–H groups in total. The summed E-state index contributed by atoms with van der Waals surface area (Å²) in [4.78, 5) is 9.92. The van der Waals surface area contributed by atoms with Gasteiger partial charge in [-0.25, -0.2) is 0 Å². The summed E-state index contributed by atoms with van der Waals surface area (Å²) in [6.07, 6.45) is -10.3. The first-order valence-electron chi connectivity index (χ1n) is 4.23. The minimum absolute atomic E-state index is 0.317. The number of hydrogen-bond acceptors (Lipinski definition) is 2. The van der Waals surface area contributed by atoms with Crippen LogP contribution in [0.2, 0.25) is 0 Å². The zero-order chi connectivity index (χ0) is 13.3. The lowest BCUT2D eigenvalue weighted by molar-refractivity contribution is -0.162. The van der Waals surface area contributed by atoms with Gasteiger partial charge >= 0.3 is 12.4 Å². The lowest BCUT2D eigenvalue weighted by Crippen LogP contribution is -2.18. The zero-order valence-electron chi connectivity index (χ0n) is 8.06. The summed E-state index contributed by atoms with van der Waals surface area (Å²) >= 11 is 0. The monoisotopic (exact) mass is 257 g/mol. The minimum atomic E-state index is -5.19. The van der Waals surface area contributed by atoms with Crippen LogP contribution in [-0.4, -0.2) is 0 Å². The van der Waals surface area contributed by atoms with E-state index in [0.29, 0.717) is 6.07 Å². The summed E-state index contributed by atoms with van der Waals surface area (Å²) in [5.41, 5.74) is -4.46. The molecule has 1 rings (SSSR count). The highest BCUT2D eigenvalue weighted by Gasteiger charge is 2.44. The predicted molar refractivity (Wildman–Crippen MR) is 45.9 cm³/mol. The average molecular weight is 257 g/mol. The van der Waals surface area contributed by atoms with E-state index in [1.165, 1.54) is 0 Å². The first-order chi connectivity index (χ1) is 7.68. The second-order valence-corrected chi connectivity index (χ2v) is 3.12. The third kappa shape index (κ3) is 2.95. The number of nitroso groups, excluding NO2 is 1. The largest absolute Gasteiger partial charge is 0.417 e. The van der Waals surface area contributed by atoms with Crippen LogP contribution in [0.25, 0.3) is 0 Å². The Morgan fingerprint density at radius 3 is 2.00 bits per heavy atom. The summed E-state index contributed by atoms with van der Waals surface area (Å²) in [6.45, 7) is -0.960. The van der Waals surface area contributed by atoms with E-state index in [9.17, 15) is 31.2 Å². The molecule has 0 unspecified atom stereocenters. The van der Waals surface area contributed by atoms with E-state index in [0.717, 1.165) is 12.1 Å². The van der Waals surface area contributed by atoms with E-state index in [1.54, 1.807) is 0 Å². The van der Waals surface area contributed by atoms with Crippen molar-refractivity contribution in [2.24, 2.45) is 5.18 Å². The molecule has 0 saturated carbocycles. The molecule has 0 fully saturated rings. The van der Waals surface area contributed by atoms with E-state index < -0.39 is 35.6 Å². The maximum absolute atomic E-state index is 12.5. The molecule has 2 nitrogen and oxygen atoms in total. The van der Waals surface area contributed by atoms with Gasteiger partial charge in [-0.15, -0.1) is 0 Å². The van der Waals surface area contributed by atoms with Crippen LogP contribution in [-0.2, 0) is 18.9 Å². The predicted octanol–water partition coefficient (Wildman–Crippen LogP) is 3.99. The van der Waals surface area contributed by atoms with Crippen LogP contribution in [0.4, 0.5) is 26.3 Å². The lowest BCUT2D eigenvalue weighted by atomic mass is 10.00. The Kier molecular flexibility index (Phi) is 3.44. The molecule has 8 heteroatoms. The SMILES string of the molecule is O=NCc1cccc(C(F)(F)F)c1C(F)(F)F. The van der Waals surface area contributed by atoms with Crippen LogP contribution >= 0.6 is 0 Å². The van der Waals surface area contributed by atoms with Gasteiger partial charge in [-0.2, -0.15) is 31.2 Å². The van der Waals surface area contributed by atoms with Crippen molar-refractivity contribution in [3.05, 3.63) is 39.8 Å². The second-order valence-electron chi connectivity index (χ2n) is 3.12. The minimum Gasteiger partial charge on any atom is -0.166 e. The van der Waals surface area contributed by atoms with E-state index in [-0.39, 0.29) is 0 Å². The standard InChI is InChI=1S/C9H5F6NO/c10-8(11,12)6-3-1-2-5(4-16-17)7(6)9(13,14)15/h1-3H,4H2. The highest BCUT2D eigenvalue weighted by molar-refractivity contribution is 5.39. The number of benzene rings is 1. The van der Waals surface area contributed by atoms with Gasteiger partial charge in [-0.1, -0.05) is 17.3 Å². The molecule has 0 aliphatic rings. The Balaban J connectivity index is 3.51. The summed E-state index contributed by atoms with van der Waals surface area (Å²) in [6, 6.07) is 1.91. The van der Waals surface area contributed by atoms with Gasteiger partial charge in [0.25, 0.3) is 0 Å². The van der Waals surface area contributed by atoms with Crippen molar-refractivity contribution in [1.82, 2.24) is 0 Å². The van der Waals surface area contributed by atoms with Gasteiger partial charge in [-0.3, -0.25) is 0 Å². The normalized spacial score (nSPS) is 12.6. The Hall–Kier alpha value is -1.60. The molecular weight excluding hydrogens is 252 g/mol. The smallest absolute Gasteiger partial charge is 0.166 e. The van der Waals surface area contributed by atoms with Crippen LogP contribution in [0.15, 0.2) is 23.4 Å². The molecule has 0 atom stereocenters. The van der Waals surface area contributed by atoms with Gasteiger partial charge in [0.1, 0.15) is 6.54 Å². The molecule has 1 aromatic rings. The maximum atomic E-state index is 12.5. The summed E-state index contributed by atoms with van der Waals surface area (Å²) in [5.74, 6) is 0. The number of halogens is 6. The molecule has 0 bridgehead atoms. The van der Waals surface area contributed by atoms with Crippen molar-refractivity contribution in [3.8, 4) is 0 Å². The van der Waals surface area contributed by atoms with Crippen LogP contribution in [0.3, 0.4) is 0 Å². The van der Waals surface area contributed by atoms with E-state index >= 15 is 0 Å². The van der Waals surface area contributed by atoms with E-state index in [1.807, 2.05) is 0 Å². The molecule has 94 valence electrons. The van der Waals surface area contributed by atoms with Crippen molar-refractivity contribution in [1.29, 1.82) is 0 Å². The van der Waals surface area contributed by atoms with Gasteiger partial charge in [-0.05, 0) is 11.6 Å². The van der Waals surface area contributed by atoms with Gasteiger partial charge in [0.15, 0.2) is 0 Å². The number of nitrogens with zero attached hydrogens (tertiary/aromatic N) is 1. The zero-order valence-corrected chi connectivity index (χ0v) is 8.06.